The van der Waals surface area contributed by atoms with Crippen LogP contribution in [0.4, 0.5) is 0 Å². The van der Waals surface area contributed by atoms with E-state index < -0.39 is 0 Å². The summed E-state index contributed by atoms with van der Waals surface area (Å²) in [6, 6.07) is 0.486. The molecule has 0 aliphatic carbocycles. The summed E-state index contributed by atoms with van der Waals surface area (Å²) in [4.78, 5) is 18.5. The van der Waals surface area contributed by atoms with Crippen LogP contribution in [0.15, 0.2) is 4.52 Å². The van der Waals surface area contributed by atoms with Gasteiger partial charge in [-0.15, -0.1) is 0 Å². The second-order valence-electron chi connectivity index (χ2n) is 5.84. The highest BCUT2D eigenvalue weighted by Gasteiger charge is 2.24. The maximum absolute atomic E-state index is 12.0. The Kier molecular flexibility index (Phi) is 6.33. The highest BCUT2D eigenvalue weighted by Crippen LogP contribution is 2.11. The van der Waals surface area contributed by atoms with Crippen LogP contribution in [0, 0.1) is 0 Å². The van der Waals surface area contributed by atoms with E-state index in [9.17, 15) is 4.79 Å². The molecule has 1 aliphatic rings. The fraction of sp³-hybridized carbons (Fsp3) is 0.800. The van der Waals surface area contributed by atoms with Crippen LogP contribution in [0.2, 0.25) is 0 Å². The molecule has 1 N–H and O–H groups in total. The molecule has 2 rings (SSSR count). The topological polar surface area (TPSA) is 80.5 Å². The van der Waals surface area contributed by atoms with Gasteiger partial charge >= 0.3 is 0 Å². The zero-order valence-electron chi connectivity index (χ0n) is 13.7. The summed E-state index contributed by atoms with van der Waals surface area (Å²) < 4.78 is 10.8. The average molecular weight is 310 g/mol. The third-order valence-electron chi connectivity index (χ3n) is 3.80. The highest BCUT2D eigenvalue weighted by molar-refractivity contribution is 5.76. The molecule has 7 heteroatoms. The lowest BCUT2D eigenvalue weighted by Gasteiger charge is -2.35. The van der Waals surface area contributed by atoms with Crippen molar-refractivity contribution in [3.8, 4) is 0 Å². The predicted molar refractivity (Wildman–Crippen MR) is 81.5 cm³/mol. The minimum absolute atomic E-state index is 0.00540. The first kappa shape index (κ1) is 16.9. The minimum Gasteiger partial charge on any atom is -0.375 e. The summed E-state index contributed by atoms with van der Waals surface area (Å²) in [7, 11) is 0. The van der Waals surface area contributed by atoms with Crippen LogP contribution >= 0.6 is 0 Å². The zero-order chi connectivity index (χ0) is 15.9. The lowest BCUT2D eigenvalue weighted by atomic mass is 10.1. The van der Waals surface area contributed by atoms with Gasteiger partial charge in [0.25, 0.3) is 0 Å². The maximum atomic E-state index is 12.0. The van der Waals surface area contributed by atoms with Gasteiger partial charge < -0.3 is 14.6 Å². The number of nitrogens with zero attached hydrogens (tertiary/aromatic N) is 3. The Hall–Kier alpha value is -1.47. The largest absolute Gasteiger partial charge is 0.375 e. The highest BCUT2D eigenvalue weighted by atomic mass is 16.5. The van der Waals surface area contributed by atoms with Crippen LogP contribution in [0.1, 0.15) is 38.9 Å². The number of morpholine rings is 1. The van der Waals surface area contributed by atoms with Gasteiger partial charge in [-0.1, -0.05) is 12.1 Å². The van der Waals surface area contributed by atoms with Crippen molar-refractivity contribution in [3.05, 3.63) is 11.7 Å². The smallest absolute Gasteiger partial charge is 0.228 e. The average Bonchev–Trinajstić information content (AvgIpc) is 2.95. The van der Waals surface area contributed by atoms with Crippen LogP contribution in [-0.4, -0.2) is 59.3 Å². The second-order valence-corrected chi connectivity index (χ2v) is 5.84. The van der Waals surface area contributed by atoms with Crippen molar-refractivity contribution in [3.63, 3.8) is 0 Å². The van der Waals surface area contributed by atoms with Crippen molar-refractivity contribution in [1.29, 1.82) is 0 Å². The van der Waals surface area contributed by atoms with Gasteiger partial charge in [0.05, 0.1) is 19.1 Å². The molecule has 2 heterocycles. The molecule has 0 bridgehead atoms. The van der Waals surface area contributed by atoms with E-state index in [4.69, 9.17) is 9.26 Å². The molecule has 0 aromatic carbocycles. The molecule has 22 heavy (non-hydrogen) atoms. The SMILES string of the molecule is CCc1noc(CCNC(=O)C[C@@H]2CN(C(C)C)CCO2)n1. The molecular formula is C15H26N4O3. The van der Waals surface area contributed by atoms with Gasteiger partial charge in [-0.3, -0.25) is 9.69 Å². The third-order valence-corrected chi connectivity index (χ3v) is 3.80. The molecule has 0 spiro atoms. The molecule has 0 unspecified atom stereocenters. The molecular weight excluding hydrogens is 284 g/mol. The van der Waals surface area contributed by atoms with Crippen molar-refractivity contribution in [2.45, 2.75) is 52.2 Å². The van der Waals surface area contributed by atoms with E-state index in [2.05, 4.69) is 34.2 Å². The van der Waals surface area contributed by atoms with Gasteiger partial charge in [0, 0.05) is 38.5 Å². The van der Waals surface area contributed by atoms with Crippen LogP contribution < -0.4 is 5.32 Å². The Morgan fingerprint density at radius 1 is 1.50 bits per heavy atom. The number of rotatable bonds is 7. The van der Waals surface area contributed by atoms with Crippen molar-refractivity contribution >= 4 is 5.91 Å². The number of amides is 1. The molecule has 7 nitrogen and oxygen atoms in total. The summed E-state index contributed by atoms with van der Waals surface area (Å²) in [6.07, 6.45) is 1.68. The Bertz CT molecular complexity index is 475. The third kappa shape index (κ3) is 5.06. The monoisotopic (exact) mass is 310 g/mol. The number of aryl methyl sites for hydroxylation is 1. The first-order valence-corrected chi connectivity index (χ1v) is 8.02. The van der Waals surface area contributed by atoms with E-state index in [-0.39, 0.29) is 12.0 Å². The minimum atomic E-state index is -0.0220. The molecule has 1 aromatic heterocycles. The first-order chi connectivity index (χ1) is 10.6. The maximum Gasteiger partial charge on any atom is 0.228 e. The lowest BCUT2D eigenvalue weighted by molar-refractivity contribution is -0.126. The van der Waals surface area contributed by atoms with Gasteiger partial charge in [-0.05, 0) is 13.8 Å². The van der Waals surface area contributed by atoms with E-state index in [0.717, 1.165) is 19.5 Å². The molecule has 1 saturated heterocycles. The molecule has 1 amide bonds. The van der Waals surface area contributed by atoms with Gasteiger partial charge in [-0.25, -0.2) is 0 Å². The van der Waals surface area contributed by atoms with Crippen molar-refractivity contribution in [2.75, 3.05) is 26.2 Å². The molecule has 1 fully saturated rings. The summed E-state index contributed by atoms with van der Waals surface area (Å²) in [5.74, 6) is 1.27. The fourth-order valence-corrected chi connectivity index (χ4v) is 2.46. The van der Waals surface area contributed by atoms with E-state index >= 15 is 0 Å². The molecule has 0 saturated carbocycles. The Labute approximate surface area is 131 Å². The number of hydrogen-bond donors (Lipinski definition) is 1. The predicted octanol–water partition coefficient (Wildman–Crippen LogP) is 0.790. The Balaban J connectivity index is 1.67. The van der Waals surface area contributed by atoms with Crippen molar-refractivity contribution < 1.29 is 14.1 Å². The first-order valence-electron chi connectivity index (χ1n) is 8.02. The number of carbonyl (C=O) groups excluding carboxylic acids is 1. The van der Waals surface area contributed by atoms with Gasteiger partial charge in [0.2, 0.25) is 11.8 Å². The summed E-state index contributed by atoms with van der Waals surface area (Å²) >= 11 is 0. The normalized spacial score (nSPS) is 19.5. The number of aromatic nitrogens is 2. The lowest BCUT2D eigenvalue weighted by Crippen LogP contribution is -2.47. The van der Waals surface area contributed by atoms with Gasteiger partial charge in [0.1, 0.15) is 0 Å². The summed E-state index contributed by atoms with van der Waals surface area (Å²) in [5, 5.41) is 6.71. The Morgan fingerprint density at radius 2 is 2.32 bits per heavy atom. The number of hydrogen-bond acceptors (Lipinski definition) is 6. The zero-order valence-corrected chi connectivity index (χ0v) is 13.7. The van der Waals surface area contributed by atoms with Crippen LogP contribution in [0.3, 0.4) is 0 Å². The number of ether oxygens (including phenoxy) is 1. The van der Waals surface area contributed by atoms with E-state index in [1.54, 1.807) is 0 Å². The van der Waals surface area contributed by atoms with Crippen LogP contribution in [0.5, 0.6) is 0 Å². The van der Waals surface area contributed by atoms with Gasteiger partial charge in [-0.2, -0.15) is 4.98 Å². The van der Waals surface area contributed by atoms with Crippen molar-refractivity contribution in [1.82, 2.24) is 20.4 Å². The molecule has 1 aromatic rings. The fourth-order valence-electron chi connectivity index (χ4n) is 2.46. The number of carbonyl (C=O) groups is 1. The summed E-state index contributed by atoms with van der Waals surface area (Å²) in [6.45, 7) is 9.25. The standard InChI is InChI=1S/C15H26N4O3/c1-4-13-17-15(22-18-13)5-6-16-14(20)9-12-10-19(11(2)3)7-8-21-12/h11-12H,4-10H2,1-3H3,(H,16,20)/t12-/m1/s1. The molecule has 0 radical (unpaired) electrons. The van der Waals surface area contributed by atoms with Crippen LogP contribution in [0.25, 0.3) is 0 Å². The van der Waals surface area contributed by atoms with Crippen LogP contribution in [-0.2, 0) is 22.4 Å². The quantitative estimate of drug-likeness (QED) is 0.802. The molecule has 1 atom stereocenters. The second kappa shape index (κ2) is 8.24. The molecule has 124 valence electrons. The molecule has 1 aliphatic heterocycles. The Morgan fingerprint density at radius 3 is 3.00 bits per heavy atom. The van der Waals surface area contributed by atoms with E-state index in [0.29, 0.717) is 43.8 Å². The summed E-state index contributed by atoms with van der Waals surface area (Å²) in [5.41, 5.74) is 0. The van der Waals surface area contributed by atoms with Gasteiger partial charge in [0.15, 0.2) is 5.82 Å². The van der Waals surface area contributed by atoms with E-state index in [1.807, 2.05) is 6.92 Å². The van der Waals surface area contributed by atoms with E-state index in [1.165, 1.54) is 0 Å². The number of nitrogens with one attached hydrogen (secondary N) is 1. The van der Waals surface area contributed by atoms with Crippen molar-refractivity contribution in [2.24, 2.45) is 0 Å².